The molecule has 0 amide bonds. The van der Waals surface area contributed by atoms with Crippen LogP contribution in [0.1, 0.15) is 10.5 Å². The lowest BCUT2D eigenvalue weighted by atomic mass is 10.3. The Morgan fingerprint density at radius 3 is 2.63 bits per heavy atom. The third kappa shape index (κ3) is 1.84. The SMILES string of the molecule is Nc1cn(-c2nnc3ccccc3n2)nc1C(=O)O. The van der Waals surface area contributed by atoms with E-state index in [-0.39, 0.29) is 17.3 Å². The van der Waals surface area contributed by atoms with Crippen molar-refractivity contribution in [2.24, 2.45) is 0 Å². The molecule has 0 aliphatic heterocycles. The molecule has 0 radical (unpaired) electrons. The normalized spacial score (nSPS) is 10.7. The van der Waals surface area contributed by atoms with Gasteiger partial charge in [-0.25, -0.2) is 14.5 Å². The molecule has 2 heterocycles. The van der Waals surface area contributed by atoms with Crippen molar-refractivity contribution in [2.75, 3.05) is 5.73 Å². The number of aromatic nitrogens is 5. The van der Waals surface area contributed by atoms with Gasteiger partial charge in [0.05, 0.1) is 17.4 Å². The van der Waals surface area contributed by atoms with E-state index in [0.717, 1.165) is 0 Å². The van der Waals surface area contributed by atoms with Gasteiger partial charge in [0, 0.05) is 0 Å². The predicted octanol–water partition coefficient (Wildman–Crippen LogP) is 0.491. The maximum Gasteiger partial charge on any atom is 0.358 e. The van der Waals surface area contributed by atoms with Gasteiger partial charge in [0.15, 0.2) is 5.69 Å². The van der Waals surface area contributed by atoms with Crippen molar-refractivity contribution in [1.82, 2.24) is 25.0 Å². The van der Waals surface area contributed by atoms with Crippen LogP contribution in [0.15, 0.2) is 30.5 Å². The summed E-state index contributed by atoms with van der Waals surface area (Å²) in [7, 11) is 0. The van der Waals surface area contributed by atoms with E-state index in [1.54, 1.807) is 12.1 Å². The molecule has 0 fully saturated rings. The zero-order valence-electron chi connectivity index (χ0n) is 9.56. The van der Waals surface area contributed by atoms with E-state index < -0.39 is 5.97 Å². The predicted molar refractivity (Wildman–Crippen MR) is 65.8 cm³/mol. The van der Waals surface area contributed by atoms with Crippen LogP contribution in [0.25, 0.3) is 17.0 Å². The minimum absolute atomic E-state index is 0.0456. The largest absolute Gasteiger partial charge is 0.476 e. The summed E-state index contributed by atoms with van der Waals surface area (Å²) in [6.07, 6.45) is 1.34. The zero-order valence-corrected chi connectivity index (χ0v) is 9.56. The lowest BCUT2D eigenvalue weighted by Crippen LogP contribution is -2.06. The molecule has 3 N–H and O–H groups in total. The monoisotopic (exact) mass is 256 g/mol. The number of nitrogen functional groups attached to an aromatic ring is 1. The molecule has 2 aromatic heterocycles. The number of carboxylic acids is 1. The number of fused-ring (bicyclic) bond motifs is 1. The summed E-state index contributed by atoms with van der Waals surface area (Å²) in [5.41, 5.74) is 6.64. The van der Waals surface area contributed by atoms with Gasteiger partial charge in [-0.1, -0.05) is 12.1 Å². The van der Waals surface area contributed by atoms with Crippen molar-refractivity contribution in [3.8, 4) is 5.95 Å². The van der Waals surface area contributed by atoms with Crippen molar-refractivity contribution in [2.45, 2.75) is 0 Å². The Morgan fingerprint density at radius 2 is 1.95 bits per heavy atom. The smallest absolute Gasteiger partial charge is 0.358 e. The highest BCUT2D eigenvalue weighted by molar-refractivity contribution is 5.91. The van der Waals surface area contributed by atoms with Gasteiger partial charge in [-0.15, -0.1) is 10.2 Å². The van der Waals surface area contributed by atoms with Crippen molar-refractivity contribution >= 4 is 22.7 Å². The van der Waals surface area contributed by atoms with E-state index in [1.807, 2.05) is 12.1 Å². The molecule has 0 atom stereocenters. The number of para-hydroxylation sites is 1. The molecular formula is C11H8N6O2. The molecule has 19 heavy (non-hydrogen) atoms. The Balaban J connectivity index is 2.13. The number of hydrogen-bond donors (Lipinski definition) is 2. The standard InChI is InChI=1S/C11H8N6O2/c12-6-5-17(16-9(6)10(18)19)11-13-7-3-1-2-4-8(7)14-15-11/h1-5H,12H2,(H,18,19). The first kappa shape index (κ1) is 11.1. The fourth-order valence-corrected chi connectivity index (χ4v) is 1.62. The average Bonchev–Trinajstić information content (AvgIpc) is 2.80. The second-order valence-corrected chi connectivity index (χ2v) is 3.78. The van der Waals surface area contributed by atoms with E-state index in [1.165, 1.54) is 10.9 Å². The molecule has 3 aromatic rings. The van der Waals surface area contributed by atoms with Gasteiger partial charge < -0.3 is 10.8 Å². The Morgan fingerprint density at radius 1 is 1.21 bits per heavy atom. The van der Waals surface area contributed by atoms with E-state index in [4.69, 9.17) is 10.8 Å². The lowest BCUT2D eigenvalue weighted by molar-refractivity contribution is 0.0691. The van der Waals surface area contributed by atoms with Crippen LogP contribution in [-0.2, 0) is 0 Å². The number of benzene rings is 1. The first-order valence-electron chi connectivity index (χ1n) is 5.33. The molecule has 0 aliphatic rings. The summed E-state index contributed by atoms with van der Waals surface area (Å²) >= 11 is 0. The topological polar surface area (TPSA) is 120 Å². The summed E-state index contributed by atoms with van der Waals surface area (Å²) < 4.78 is 1.19. The molecule has 0 saturated carbocycles. The van der Waals surface area contributed by atoms with Gasteiger partial charge in [-0.3, -0.25) is 0 Å². The summed E-state index contributed by atoms with van der Waals surface area (Å²) in [5.74, 6) is -1.04. The number of carbonyl (C=O) groups is 1. The number of nitrogens with two attached hydrogens (primary N) is 1. The molecule has 0 aliphatic carbocycles. The fourth-order valence-electron chi connectivity index (χ4n) is 1.62. The van der Waals surface area contributed by atoms with E-state index in [9.17, 15) is 4.79 Å². The third-order valence-electron chi connectivity index (χ3n) is 2.50. The zero-order chi connectivity index (χ0) is 13.4. The molecule has 94 valence electrons. The molecule has 8 heteroatoms. The number of nitrogens with zero attached hydrogens (tertiary/aromatic N) is 5. The molecule has 0 bridgehead atoms. The number of rotatable bonds is 2. The molecule has 3 rings (SSSR count). The Bertz CT molecular complexity index is 782. The van der Waals surface area contributed by atoms with Gasteiger partial charge in [0.2, 0.25) is 0 Å². The second kappa shape index (κ2) is 4.02. The summed E-state index contributed by atoms with van der Waals surface area (Å²) in [4.78, 5) is 15.1. The number of anilines is 1. The summed E-state index contributed by atoms with van der Waals surface area (Å²) in [5, 5.41) is 20.6. The fraction of sp³-hybridized carbons (Fsp3) is 0. The quantitative estimate of drug-likeness (QED) is 0.684. The van der Waals surface area contributed by atoms with Crippen LogP contribution >= 0.6 is 0 Å². The lowest BCUT2D eigenvalue weighted by Gasteiger charge is -1.99. The van der Waals surface area contributed by atoms with Crippen LogP contribution in [-0.4, -0.2) is 36.0 Å². The van der Waals surface area contributed by atoms with Gasteiger partial charge in [0.1, 0.15) is 5.52 Å². The van der Waals surface area contributed by atoms with Gasteiger partial charge in [-0.2, -0.15) is 5.10 Å². The second-order valence-electron chi connectivity index (χ2n) is 3.78. The van der Waals surface area contributed by atoms with Gasteiger partial charge in [-0.05, 0) is 12.1 Å². The van der Waals surface area contributed by atoms with E-state index >= 15 is 0 Å². The van der Waals surface area contributed by atoms with Gasteiger partial charge in [0.25, 0.3) is 5.95 Å². The minimum atomic E-state index is -1.20. The Labute approximate surface area is 106 Å². The van der Waals surface area contributed by atoms with Gasteiger partial charge >= 0.3 is 5.97 Å². The Kier molecular flexibility index (Phi) is 2.34. The van der Waals surface area contributed by atoms with Crippen LogP contribution in [0.5, 0.6) is 0 Å². The highest BCUT2D eigenvalue weighted by Crippen LogP contribution is 2.13. The van der Waals surface area contributed by atoms with E-state index in [2.05, 4.69) is 20.3 Å². The van der Waals surface area contributed by atoms with Crippen LogP contribution in [0.4, 0.5) is 5.69 Å². The van der Waals surface area contributed by atoms with E-state index in [0.29, 0.717) is 11.0 Å². The maximum absolute atomic E-state index is 10.9. The molecule has 0 unspecified atom stereocenters. The van der Waals surface area contributed by atoms with Crippen molar-refractivity contribution in [3.05, 3.63) is 36.2 Å². The first-order chi connectivity index (χ1) is 9.15. The molecular weight excluding hydrogens is 248 g/mol. The average molecular weight is 256 g/mol. The van der Waals surface area contributed by atoms with Crippen molar-refractivity contribution < 1.29 is 9.90 Å². The third-order valence-corrected chi connectivity index (χ3v) is 2.50. The Hall–Kier alpha value is -3.03. The highest BCUT2D eigenvalue weighted by Gasteiger charge is 2.15. The summed E-state index contributed by atoms with van der Waals surface area (Å²) in [6, 6.07) is 7.20. The molecule has 0 saturated heterocycles. The van der Waals surface area contributed by atoms with Crippen LogP contribution in [0, 0.1) is 0 Å². The van der Waals surface area contributed by atoms with Crippen LogP contribution in [0.2, 0.25) is 0 Å². The van der Waals surface area contributed by atoms with Crippen LogP contribution < -0.4 is 5.73 Å². The van der Waals surface area contributed by atoms with Crippen LogP contribution in [0.3, 0.4) is 0 Å². The minimum Gasteiger partial charge on any atom is -0.476 e. The molecule has 8 nitrogen and oxygen atoms in total. The number of aromatic carboxylic acids is 1. The maximum atomic E-state index is 10.9. The molecule has 0 spiro atoms. The first-order valence-corrected chi connectivity index (χ1v) is 5.33. The summed E-state index contributed by atoms with van der Waals surface area (Å²) in [6.45, 7) is 0. The van der Waals surface area contributed by atoms with Crippen molar-refractivity contribution in [3.63, 3.8) is 0 Å². The molecule has 1 aromatic carbocycles. The van der Waals surface area contributed by atoms with Crippen molar-refractivity contribution in [1.29, 1.82) is 0 Å². The highest BCUT2D eigenvalue weighted by atomic mass is 16.4. The number of carboxylic acid groups (broad SMARTS) is 1. The number of hydrogen-bond acceptors (Lipinski definition) is 6.